The first-order valence-corrected chi connectivity index (χ1v) is 10.2. The van der Waals surface area contributed by atoms with Gasteiger partial charge >= 0.3 is 0 Å². The summed E-state index contributed by atoms with van der Waals surface area (Å²) < 4.78 is 13.6. The number of nitrogen functional groups attached to an aromatic ring is 1. The Morgan fingerprint density at radius 3 is 2.59 bits per heavy atom. The molecule has 0 aliphatic carbocycles. The van der Waals surface area contributed by atoms with Gasteiger partial charge < -0.3 is 25.4 Å². The van der Waals surface area contributed by atoms with E-state index in [1.807, 2.05) is 42.5 Å². The van der Waals surface area contributed by atoms with Crippen molar-refractivity contribution in [3.63, 3.8) is 0 Å². The molecule has 1 aliphatic rings. The average Bonchev–Trinajstić information content (AvgIpc) is 3.38. The second-order valence-corrected chi connectivity index (χ2v) is 7.49. The number of ether oxygens (including phenoxy) is 2. The third-order valence-corrected chi connectivity index (χ3v) is 5.35. The second-order valence-electron chi connectivity index (χ2n) is 7.49. The lowest BCUT2D eigenvalue weighted by molar-refractivity contribution is -0.0426. The fourth-order valence-electron chi connectivity index (χ4n) is 3.81. The predicted molar refractivity (Wildman–Crippen MR) is 115 cm³/mol. The number of benzene rings is 1. The molecule has 1 aliphatic heterocycles. The van der Waals surface area contributed by atoms with Gasteiger partial charge in [-0.15, -0.1) is 0 Å². The molecule has 1 aromatic carbocycles. The summed E-state index contributed by atoms with van der Waals surface area (Å²) in [5.74, 6) is 0.825. The second kappa shape index (κ2) is 8.50. The molecule has 0 radical (unpaired) electrons. The standard InChI is InChI=1S/C22H22N6O4/c23-22-26-20-18(21(27-22)31-12-13-4-2-1-3-5-13)25-19(14-6-8-24-9-7-14)28(20)17-10-15(30)16(11-29)32-17/h1-9,15-17,29-30H,10-12H2,(H2,23,26,27). The minimum Gasteiger partial charge on any atom is -0.471 e. The zero-order valence-corrected chi connectivity index (χ0v) is 17.1. The molecule has 32 heavy (non-hydrogen) atoms. The van der Waals surface area contributed by atoms with E-state index in [-0.39, 0.29) is 31.5 Å². The van der Waals surface area contributed by atoms with Crippen molar-refractivity contribution in [3.8, 4) is 17.3 Å². The Kier molecular flexibility index (Phi) is 5.39. The van der Waals surface area contributed by atoms with Gasteiger partial charge in [-0.2, -0.15) is 9.97 Å². The number of aliphatic hydroxyl groups is 2. The van der Waals surface area contributed by atoms with Gasteiger partial charge in [0.1, 0.15) is 24.8 Å². The van der Waals surface area contributed by atoms with E-state index in [4.69, 9.17) is 20.2 Å². The Hall–Kier alpha value is -3.60. The highest BCUT2D eigenvalue weighted by Crippen LogP contribution is 2.37. The summed E-state index contributed by atoms with van der Waals surface area (Å²) in [5, 5.41) is 19.8. The fraction of sp³-hybridized carbons (Fsp3) is 0.273. The van der Waals surface area contributed by atoms with Crippen molar-refractivity contribution in [2.45, 2.75) is 31.5 Å². The summed E-state index contributed by atoms with van der Waals surface area (Å²) in [6.45, 7) is -0.00742. The van der Waals surface area contributed by atoms with E-state index in [9.17, 15) is 10.2 Å². The summed E-state index contributed by atoms with van der Waals surface area (Å²) in [6, 6.07) is 13.3. The first-order chi connectivity index (χ1) is 15.6. The summed E-state index contributed by atoms with van der Waals surface area (Å²) in [6.07, 6.45) is 1.46. The normalized spacial score (nSPS) is 20.6. The van der Waals surface area contributed by atoms with Gasteiger partial charge in [0, 0.05) is 24.4 Å². The molecule has 0 bridgehead atoms. The molecule has 0 amide bonds. The smallest absolute Gasteiger partial charge is 0.247 e. The molecule has 164 valence electrons. The number of anilines is 1. The molecule has 3 unspecified atom stereocenters. The number of imidazole rings is 1. The number of aromatic nitrogens is 5. The van der Waals surface area contributed by atoms with Crippen molar-refractivity contribution in [2.24, 2.45) is 0 Å². The number of rotatable bonds is 6. The number of fused-ring (bicyclic) bond motifs is 1. The van der Waals surface area contributed by atoms with Gasteiger partial charge in [-0.25, -0.2) is 4.98 Å². The topological polar surface area (TPSA) is 141 Å². The van der Waals surface area contributed by atoms with Crippen LogP contribution in [0.25, 0.3) is 22.6 Å². The van der Waals surface area contributed by atoms with E-state index >= 15 is 0 Å². The summed E-state index contributed by atoms with van der Waals surface area (Å²) in [5.41, 5.74) is 8.60. The van der Waals surface area contributed by atoms with E-state index in [2.05, 4.69) is 15.0 Å². The van der Waals surface area contributed by atoms with Gasteiger partial charge in [0.25, 0.3) is 0 Å². The Bertz CT molecular complexity index is 1220. The summed E-state index contributed by atoms with van der Waals surface area (Å²) >= 11 is 0. The van der Waals surface area contributed by atoms with Crippen LogP contribution in [0.4, 0.5) is 5.95 Å². The van der Waals surface area contributed by atoms with Crippen LogP contribution in [-0.2, 0) is 11.3 Å². The largest absolute Gasteiger partial charge is 0.471 e. The number of hydrogen-bond acceptors (Lipinski definition) is 9. The Labute approximate surface area is 183 Å². The Morgan fingerprint density at radius 2 is 1.88 bits per heavy atom. The van der Waals surface area contributed by atoms with Gasteiger partial charge in [0.2, 0.25) is 11.8 Å². The van der Waals surface area contributed by atoms with Crippen LogP contribution in [0.1, 0.15) is 18.2 Å². The van der Waals surface area contributed by atoms with E-state index in [1.54, 1.807) is 17.0 Å². The minimum atomic E-state index is -0.819. The lowest BCUT2D eigenvalue weighted by Gasteiger charge is -2.17. The van der Waals surface area contributed by atoms with Crippen molar-refractivity contribution >= 4 is 17.1 Å². The first-order valence-electron chi connectivity index (χ1n) is 10.2. The van der Waals surface area contributed by atoms with Gasteiger partial charge in [0.15, 0.2) is 11.2 Å². The average molecular weight is 434 g/mol. The van der Waals surface area contributed by atoms with Crippen LogP contribution in [0.5, 0.6) is 5.88 Å². The SMILES string of the molecule is Nc1nc(OCc2ccccc2)c2nc(-c3ccncc3)n(C3CC(O)C(CO)O3)c2n1. The molecule has 4 heterocycles. The van der Waals surface area contributed by atoms with Crippen molar-refractivity contribution in [2.75, 3.05) is 12.3 Å². The lowest BCUT2D eigenvalue weighted by Crippen LogP contribution is -2.24. The Morgan fingerprint density at radius 1 is 1.09 bits per heavy atom. The Balaban J connectivity index is 1.62. The summed E-state index contributed by atoms with van der Waals surface area (Å²) in [4.78, 5) is 17.5. The highest BCUT2D eigenvalue weighted by molar-refractivity contribution is 5.82. The first kappa shape index (κ1) is 20.3. The van der Waals surface area contributed by atoms with Crippen molar-refractivity contribution in [1.29, 1.82) is 0 Å². The monoisotopic (exact) mass is 434 g/mol. The third-order valence-electron chi connectivity index (χ3n) is 5.35. The molecular formula is C22H22N6O4. The number of aliphatic hydroxyl groups excluding tert-OH is 2. The minimum absolute atomic E-state index is 0.0280. The lowest BCUT2D eigenvalue weighted by atomic mass is 10.2. The molecule has 10 nitrogen and oxygen atoms in total. The van der Waals surface area contributed by atoms with Crippen LogP contribution in [0, 0.1) is 0 Å². The van der Waals surface area contributed by atoms with Crippen LogP contribution in [0.2, 0.25) is 0 Å². The third kappa shape index (κ3) is 3.75. The zero-order chi connectivity index (χ0) is 22.1. The van der Waals surface area contributed by atoms with E-state index in [0.29, 0.717) is 17.0 Å². The maximum Gasteiger partial charge on any atom is 0.247 e. The maximum absolute atomic E-state index is 10.3. The molecule has 3 atom stereocenters. The quantitative estimate of drug-likeness (QED) is 0.413. The molecule has 10 heteroatoms. The molecule has 1 fully saturated rings. The number of hydrogen-bond donors (Lipinski definition) is 3. The van der Waals surface area contributed by atoms with Crippen LogP contribution in [0.15, 0.2) is 54.9 Å². The molecule has 4 N–H and O–H groups in total. The van der Waals surface area contributed by atoms with E-state index < -0.39 is 18.4 Å². The van der Waals surface area contributed by atoms with Crippen molar-refractivity contribution < 1.29 is 19.7 Å². The molecule has 4 aromatic rings. The highest BCUT2D eigenvalue weighted by Gasteiger charge is 2.37. The van der Waals surface area contributed by atoms with Crippen LogP contribution in [0.3, 0.4) is 0 Å². The number of pyridine rings is 1. The van der Waals surface area contributed by atoms with Gasteiger partial charge in [0.05, 0.1) is 12.7 Å². The maximum atomic E-state index is 10.3. The van der Waals surface area contributed by atoms with Crippen LogP contribution < -0.4 is 10.5 Å². The van der Waals surface area contributed by atoms with Gasteiger partial charge in [-0.3, -0.25) is 9.55 Å². The predicted octanol–water partition coefficient (Wildman–Crippen LogP) is 1.69. The van der Waals surface area contributed by atoms with Crippen LogP contribution in [-0.4, -0.2) is 53.5 Å². The molecule has 5 rings (SSSR count). The number of nitrogens with two attached hydrogens (primary N) is 1. The van der Waals surface area contributed by atoms with Gasteiger partial charge in [-0.1, -0.05) is 30.3 Å². The summed E-state index contributed by atoms with van der Waals surface area (Å²) in [7, 11) is 0. The van der Waals surface area contributed by atoms with Gasteiger partial charge in [-0.05, 0) is 17.7 Å². The van der Waals surface area contributed by atoms with Crippen molar-refractivity contribution in [1.82, 2.24) is 24.5 Å². The number of nitrogens with zero attached hydrogens (tertiary/aromatic N) is 5. The van der Waals surface area contributed by atoms with E-state index in [0.717, 1.165) is 11.1 Å². The molecule has 0 spiro atoms. The van der Waals surface area contributed by atoms with Crippen LogP contribution >= 0.6 is 0 Å². The fourth-order valence-corrected chi connectivity index (χ4v) is 3.81. The highest BCUT2D eigenvalue weighted by atomic mass is 16.5. The molecule has 3 aromatic heterocycles. The van der Waals surface area contributed by atoms with Crippen molar-refractivity contribution in [3.05, 3.63) is 60.4 Å². The molecular weight excluding hydrogens is 412 g/mol. The van der Waals surface area contributed by atoms with E-state index in [1.165, 1.54) is 0 Å². The zero-order valence-electron chi connectivity index (χ0n) is 17.1. The molecule has 1 saturated heterocycles. The molecule has 0 saturated carbocycles.